The van der Waals surface area contributed by atoms with E-state index in [4.69, 9.17) is 9.15 Å². The summed E-state index contributed by atoms with van der Waals surface area (Å²) in [6, 6.07) is 12.8. The number of fused-ring (bicyclic) bond motifs is 2. The number of aromatic nitrogens is 2. The standard InChI is InChI=1S/C22H20N2O5/c1-2-14-6-5-7-15-16(12-23-21(14)15)18(25)13-28-20(26)10-11-24-17-8-3-4-9-19(17)29-22(24)27/h3-9,12,23H,2,10-11,13H2,1H3. The summed E-state index contributed by atoms with van der Waals surface area (Å²) in [6.45, 7) is 1.83. The molecule has 0 radical (unpaired) electrons. The lowest BCUT2D eigenvalue weighted by Gasteiger charge is -2.05. The van der Waals surface area contributed by atoms with Crippen molar-refractivity contribution in [3.8, 4) is 0 Å². The van der Waals surface area contributed by atoms with E-state index in [2.05, 4.69) is 4.98 Å². The molecule has 29 heavy (non-hydrogen) atoms. The van der Waals surface area contributed by atoms with Gasteiger partial charge >= 0.3 is 11.7 Å². The monoisotopic (exact) mass is 392 g/mol. The minimum Gasteiger partial charge on any atom is -0.457 e. The zero-order valence-electron chi connectivity index (χ0n) is 15.9. The molecular formula is C22H20N2O5. The molecule has 148 valence electrons. The Morgan fingerprint density at radius 2 is 1.97 bits per heavy atom. The number of benzene rings is 2. The highest BCUT2D eigenvalue weighted by atomic mass is 16.5. The predicted octanol–water partition coefficient (Wildman–Crippen LogP) is 3.45. The van der Waals surface area contributed by atoms with Gasteiger partial charge < -0.3 is 14.1 Å². The fourth-order valence-corrected chi connectivity index (χ4v) is 3.47. The number of nitrogens with one attached hydrogen (secondary N) is 1. The molecule has 0 saturated heterocycles. The maximum atomic E-state index is 12.5. The maximum absolute atomic E-state index is 12.5. The van der Waals surface area contributed by atoms with E-state index in [1.54, 1.807) is 30.5 Å². The number of aromatic amines is 1. The second-order valence-electron chi connectivity index (χ2n) is 6.72. The highest BCUT2D eigenvalue weighted by Gasteiger charge is 2.16. The minimum absolute atomic E-state index is 0.0371. The molecule has 0 aliphatic heterocycles. The summed E-state index contributed by atoms with van der Waals surface area (Å²) in [4.78, 5) is 39.7. The van der Waals surface area contributed by atoms with Crippen LogP contribution in [0.4, 0.5) is 0 Å². The van der Waals surface area contributed by atoms with Gasteiger partial charge in [0, 0.05) is 29.2 Å². The number of H-pyrrole nitrogens is 1. The Morgan fingerprint density at radius 1 is 1.14 bits per heavy atom. The number of nitrogens with zero attached hydrogens (tertiary/aromatic N) is 1. The lowest BCUT2D eigenvalue weighted by atomic mass is 10.1. The van der Waals surface area contributed by atoms with E-state index in [0.717, 1.165) is 22.9 Å². The number of Topliss-reactive ketones (excluding diaryl/α,β-unsaturated/α-hetero) is 1. The number of ether oxygens (including phenoxy) is 1. The van der Waals surface area contributed by atoms with Crippen LogP contribution in [-0.2, 0) is 22.5 Å². The normalized spacial score (nSPS) is 11.2. The molecule has 4 rings (SSSR count). The van der Waals surface area contributed by atoms with Crippen molar-refractivity contribution < 1.29 is 18.7 Å². The molecule has 2 heterocycles. The molecule has 0 amide bonds. The SMILES string of the molecule is CCc1cccc2c(C(=O)COC(=O)CCn3c(=O)oc4ccccc43)c[nH]c12. The van der Waals surface area contributed by atoms with Crippen LogP contribution >= 0.6 is 0 Å². The van der Waals surface area contributed by atoms with Crippen molar-refractivity contribution in [2.75, 3.05) is 6.61 Å². The highest BCUT2D eigenvalue weighted by molar-refractivity contribution is 6.09. The van der Waals surface area contributed by atoms with Crippen LogP contribution in [0.5, 0.6) is 0 Å². The van der Waals surface area contributed by atoms with Gasteiger partial charge in [-0.1, -0.05) is 37.3 Å². The molecule has 0 bridgehead atoms. The third kappa shape index (κ3) is 3.59. The largest absolute Gasteiger partial charge is 0.457 e. The summed E-state index contributed by atoms with van der Waals surface area (Å²) in [5, 5.41) is 0.821. The van der Waals surface area contributed by atoms with E-state index in [-0.39, 0.29) is 25.4 Å². The van der Waals surface area contributed by atoms with Crippen LogP contribution in [0.2, 0.25) is 0 Å². The molecule has 0 fully saturated rings. The molecule has 1 N–H and O–H groups in total. The summed E-state index contributed by atoms with van der Waals surface area (Å²) >= 11 is 0. The molecule has 0 aliphatic carbocycles. The van der Waals surface area contributed by atoms with Gasteiger partial charge in [-0.3, -0.25) is 14.2 Å². The van der Waals surface area contributed by atoms with E-state index in [0.29, 0.717) is 16.7 Å². The third-order valence-corrected chi connectivity index (χ3v) is 4.96. The van der Waals surface area contributed by atoms with Crippen molar-refractivity contribution in [3.63, 3.8) is 0 Å². The number of hydrogen-bond donors (Lipinski definition) is 1. The van der Waals surface area contributed by atoms with Crippen LogP contribution in [-0.4, -0.2) is 27.9 Å². The van der Waals surface area contributed by atoms with Crippen molar-refractivity contribution in [2.24, 2.45) is 0 Å². The van der Waals surface area contributed by atoms with Crippen LogP contribution < -0.4 is 5.76 Å². The first kappa shape index (κ1) is 18.7. The minimum atomic E-state index is -0.551. The predicted molar refractivity (Wildman–Crippen MR) is 108 cm³/mol. The molecule has 2 aromatic heterocycles. The maximum Gasteiger partial charge on any atom is 0.419 e. The first-order chi connectivity index (χ1) is 14.1. The van der Waals surface area contributed by atoms with Crippen LogP contribution in [0.25, 0.3) is 22.0 Å². The fourth-order valence-electron chi connectivity index (χ4n) is 3.47. The van der Waals surface area contributed by atoms with Crippen LogP contribution in [0.1, 0.15) is 29.3 Å². The first-order valence-electron chi connectivity index (χ1n) is 9.44. The number of oxazole rings is 1. The van der Waals surface area contributed by atoms with E-state index in [1.807, 2.05) is 25.1 Å². The van der Waals surface area contributed by atoms with E-state index >= 15 is 0 Å². The lowest BCUT2D eigenvalue weighted by Crippen LogP contribution is -2.19. The van der Waals surface area contributed by atoms with Crippen LogP contribution in [0.3, 0.4) is 0 Å². The molecular weight excluding hydrogens is 372 g/mol. The molecule has 0 saturated carbocycles. The number of rotatable bonds is 7. The van der Waals surface area contributed by atoms with Gasteiger partial charge in [-0.2, -0.15) is 0 Å². The van der Waals surface area contributed by atoms with Crippen molar-refractivity contribution in [3.05, 3.63) is 70.3 Å². The zero-order valence-corrected chi connectivity index (χ0v) is 15.9. The topological polar surface area (TPSA) is 94.3 Å². The number of aryl methyl sites for hydroxylation is 2. The first-order valence-corrected chi connectivity index (χ1v) is 9.44. The third-order valence-electron chi connectivity index (χ3n) is 4.96. The smallest absolute Gasteiger partial charge is 0.419 e. The van der Waals surface area contributed by atoms with Crippen LogP contribution in [0, 0.1) is 0 Å². The molecule has 0 unspecified atom stereocenters. The number of carbonyl (C=O) groups excluding carboxylic acids is 2. The Hall–Kier alpha value is -3.61. The van der Waals surface area contributed by atoms with E-state index < -0.39 is 11.7 Å². The summed E-state index contributed by atoms with van der Waals surface area (Å²) < 4.78 is 11.7. The lowest BCUT2D eigenvalue weighted by molar-refractivity contribution is -0.142. The molecule has 4 aromatic rings. The van der Waals surface area contributed by atoms with E-state index in [1.165, 1.54) is 4.57 Å². The number of carbonyl (C=O) groups is 2. The second kappa shape index (κ2) is 7.79. The Kier molecular flexibility index (Phi) is 5.03. The molecule has 0 atom stereocenters. The van der Waals surface area contributed by atoms with Crippen molar-refractivity contribution in [2.45, 2.75) is 26.3 Å². The van der Waals surface area contributed by atoms with Gasteiger partial charge in [0.05, 0.1) is 11.9 Å². The fraction of sp³-hybridized carbons (Fsp3) is 0.227. The zero-order chi connectivity index (χ0) is 20.4. The molecule has 0 aliphatic rings. The van der Waals surface area contributed by atoms with Crippen molar-refractivity contribution >= 4 is 33.8 Å². The molecule has 2 aromatic carbocycles. The van der Waals surface area contributed by atoms with Gasteiger partial charge in [-0.15, -0.1) is 0 Å². The van der Waals surface area contributed by atoms with Gasteiger partial charge in [-0.25, -0.2) is 4.79 Å². The number of esters is 1. The summed E-state index contributed by atoms with van der Waals surface area (Å²) in [7, 11) is 0. The number of ketones is 1. The average molecular weight is 392 g/mol. The summed E-state index contributed by atoms with van der Waals surface area (Å²) in [6.07, 6.45) is 2.46. The summed E-state index contributed by atoms with van der Waals surface area (Å²) in [5.41, 5.74) is 3.63. The average Bonchev–Trinajstić information content (AvgIpc) is 3.30. The van der Waals surface area contributed by atoms with Gasteiger partial charge in [0.1, 0.15) is 0 Å². The van der Waals surface area contributed by atoms with Gasteiger partial charge in [-0.05, 0) is 24.1 Å². The van der Waals surface area contributed by atoms with Gasteiger partial charge in [0.15, 0.2) is 12.2 Å². The highest BCUT2D eigenvalue weighted by Crippen LogP contribution is 2.22. The van der Waals surface area contributed by atoms with Gasteiger partial charge in [0.25, 0.3) is 0 Å². The molecule has 0 spiro atoms. The van der Waals surface area contributed by atoms with Crippen LogP contribution in [0.15, 0.2) is 57.9 Å². The molecule has 7 nitrogen and oxygen atoms in total. The Labute approximate surface area is 165 Å². The Morgan fingerprint density at radius 3 is 2.79 bits per heavy atom. The van der Waals surface area contributed by atoms with Crippen molar-refractivity contribution in [1.82, 2.24) is 9.55 Å². The van der Waals surface area contributed by atoms with Gasteiger partial charge in [0.2, 0.25) is 5.78 Å². The Bertz CT molecular complexity index is 1260. The van der Waals surface area contributed by atoms with E-state index in [9.17, 15) is 14.4 Å². The number of para-hydroxylation sites is 3. The second-order valence-corrected chi connectivity index (χ2v) is 6.72. The summed E-state index contributed by atoms with van der Waals surface area (Å²) in [5.74, 6) is -1.35. The molecule has 7 heteroatoms. The number of hydrogen-bond acceptors (Lipinski definition) is 5. The quantitative estimate of drug-likeness (QED) is 0.384. The Balaban J connectivity index is 1.39. The van der Waals surface area contributed by atoms with Crippen molar-refractivity contribution in [1.29, 1.82) is 0 Å².